The minimum Gasteiger partial charge on any atom is -0.481 e. The van der Waals surface area contributed by atoms with Gasteiger partial charge in [-0.15, -0.1) is 0 Å². The molecule has 152 valence electrons. The molecule has 0 bridgehead atoms. The Bertz CT molecular complexity index is 905. The number of carbonyl (C=O) groups is 1. The van der Waals surface area contributed by atoms with Gasteiger partial charge in [0.25, 0.3) is 0 Å². The van der Waals surface area contributed by atoms with Gasteiger partial charge in [-0.2, -0.15) is 0 Å². The van der Waals surface area contributed by atoms with Gasteiger partial charge in [-0.1, -0.05) is 0 Å². The van der Waals surface area contributed by atoms with Crippen LogP contribution in [0.3, 0.4) is 0 Å². The number of rotatable bonds is 8. The number of imidazole rings is 1. The van der Waals surface area contributed by atoms with Gasteiger partial charge in [-0.05, 0) is 13.3 Å². The van der Waals surface area contributed by atoms with Gasteiger partial charge < -0.3 is 34.4 Å². The molecule has 11 nitrogen and oxygen atoms in total. The first-order chi connectivity index (χ1) is 13.4. The summed E-state index contributed by atoms with van der Waals surface area (Å²) in [6, 6.07) is -0.403. The molecule has 28 heavy (non-hydrogen) atoms. The molecule has 2 aromatic heterocycles. The Morgan fingerprint density at radius 2 is 2.07 bits per heavy atom. The second-order valence-electron chi connectivity index (χ2n) is 7.37. The van der Waals surface area contributed by atoms with Crippen LogP contribution in [0.5, 0.6) is 0 Å². The molecule has 0 radical (unpaired) electrons. The molecule has 0 aliphatic heterocycles. The number of carboxylic acid groups (broad SMARTS) is 1. The van der Waals surface area contributed by atoms with Crippen molar-refractivity contribution in [3.63, 3.8) is 0 Å². The van der Waals surface area contributed by atoms with E-state index in [-0.39, 0.29) is 25.3 Å². The number of methoxy groups -OCH3 is 2. The van der Waals surface area contributed by atoms with E-state index in [1.165, 1.54) is 20.5 Å². The first kappa shape index (κ1) is 19.0. The summed E-state index contributed by atoms with van der Waals surface area (Å²) in [6.45, 7) is 1.75. The summed E-state index contributed by atoms with van der Waals surface area (Å²) in [5.41, 5.74) is 4.78. The molecule has 2 fully saturated rings. The average Bonchev–Trinajstić information content (AvgIpc) is 3.17. The maximum Gasteiger partial charge on any atom is 0.312 e. The second-order valence-corrected chi connectivity index (χ2v) is 7.37. The van der Waals surface area contributed by atoms with Crippen molar-refractivity contribution in [2.75, 3.05) is 33.5 Å². The number of ether oxygens (including phenoxy) is 4. The van der Waals surface area contributed by atoms with Gasteiger partial charge in [0.05, 0.1) is 12.4 Å². The summed E-state index contributed by atoms with van der Waals surface area (Å²) < 4.78 is 23.9. The van der Waals surface area contributed by atoms with Crippen LogP contribution < -0.4 is 5.73 Å². The van der Waals surface area contributed by atoms with E-state index in [9.17, 15) is 9.90 Å². The van der Waals surface area contributed by atoms with Crippen molar-refractivity contribution < 1.29 is 28.8 Å². The van der Waals surface area contributed by atoms with Crippen molar-refractivity contribution in [1.29, 1.82) is 0 Å². The third kappa shape index (κ3) is 2.43. The van der Waals surface area contributed by atoms with Gasteiger partial charge in [0.1, 0.15) is 42.5 Å². The fraction of sp³-hybridized carbons (Fsp3) is 0.647. The van der Waals surface area contributed by atoms with Gasteiger partial charge in [0, 0.05) is 20.1 Å². The highest BCUT2D eigenvalue weighted by Crippen LogP contribution is 2.72. The van der Waals surface area contributed by atoms with Gasteiger partial charge in [0.2, 0.25) is 0 Å². The SMILES string of the molecule is COCO[C@@H]1C(C)(OCOC)[C@H](n2cnc3c(N)ncnc32)[C@H]2C[C@]21C(=O)O. The number of fused-ring (bicyclic) bond motifs is 2. The predicted octanol–water partition coefficient (Wildman–Crippen LogP) is 0.422. The molecule has 5 atom stereocenters. The van der Waals surface area contributed by atoms with Crippen molar-refractivity contribution in [2.45, 2.75) is 31.1 Å². The first-order valence-corrected chi connectivity index (χ1v) is 8.81. The lowest BCUT2D eigenvalue weighted by Crippen LogP contribution is -2.51. The molecule has 0 amide bonds. The number of nitrogens with zero attached hydrogens (tertiary/aromatic N) is 4. The number of nitrogen functional groups attached to an aromatic ring is 1. The largest absolute Gasteiger partial charge is 0.481 e. The van der Waals surface area contributed by atoms with Crippen LogP contribution in [0.2, 0.25) is 0 Å². The summed E-state index contributed by atoms with van der Waals surface area (Å²) in [4.78, 5) is 24.9. The summed E-state index contributed by atoms with van der Waals surface area (Å²) >= 11 is 0. The summed E-state index contributed by atoms with van der Waals surface area (Å²) in [7, 11) is 2.99. The molecule has 11 heteroatoms. The van der Waals surface area contributed by atoms with E-state index in [4.69, 9.17) is 24.7 Å². The molecule has 1 unspecified atom stereocenters. The molecule has 3 N–H and O–H groups in total. The highest BCUT2D eigenvalue weighted by Gasteiger charge is 2.81. The van der Waals surface area contributed by atoms with Crippen LogP contribution in [-0.4, -0.2) is 70.1 Å². The fourth-order valence-electron chi connectivity index (χ4n) is 4.76. The number of aliphatic carboxylic acids is 1. The van der Waals surface area contributed by atoms with E-state index in [1.807, 2.05) is 11.5 Å². The van der Waals surface area contributed by atoms with Crippen molar-refractivity contribution in [3.8, 4) is 0 Å². The maximum absolute atomic E-state index is 12.3. The zero-order valence-corrected chi connectivity index (χ0v) is 15.9. The number of nitrogens with two attached hydrogens (primary N) is 1. The minimum absolute atomic E-state index is 0.0218. The Labute approximate surface area is 160 Å². The molecule has 2 saturated carbocycles. The quantitative estimate of drug-likeness (QED) is 0.605. The zero-order valence-electron chi connectivity index (χ0n) is 15.9. The van der Waals surface area contributed by atoms with E-state index in [2.05, 4.69) is 15.0 Å². The van der Waals surface area contributed by atoms with Gasteiger partial charge >= 0.3 is 5.97 Å². The van der Waals surface area contributed by atoms with Crippen LogP contribution >= 0.6 is 0 Å². The molecule has 0 saturated heterocycles. The Hall–Kier alpha value is -2.34. The number of aromatic nitrogens is 4. The van der Waals surface area contributed by atoms with Crippen LogP contribution in [-0.2, 0) is 23.7 Å². The van der Waals surface area contributed by atoms with Crippen LogP contribution in [0, 0.1) is 11.3 Å². The average molecular weight is 393 g/mol. The Morgan fingerprint density at radius 3 is 2.75 bits per heavy atom. The van der Waals surface area contributed by atoms with Crippen molar-refractivity contribution in [1.82, 2.24) is 19.5 Å². The third-order valence-electron chi connectivity index (χ3n) is 5.94. The molecule has 2 aliphatic carbocycles. The van der Waals surface area contributed by atoms with E-state index in [0.29, 0.717) is 17.6 Å². The first-order valence-electron chi connectivity index (χ1n) is 8.81. The highest BCUT2D eigenvalue weighted by atomic mass is 16.7. The smallest absolute Gasteiger partial charge is 0.312 e. The van der Waals surface area contributed by atoms with Crippen molar-refractivity contribution in [3.05, 3.63) is 12.7 Å². The molecule has 2 heterocycles. The van der Waals surface area contributed by atoms with E-state index in [1.54, 1.807) is 6.33 Å². The zero-order chi connectivity index (χ0) is 20.1. The maximum atomic E-state index is 12.3. The lowest BCUT2D eigenvalue weighted by molar-refractivity contribution is -0.221. The Kier molecular flexibility index (Phi) is 4.49. The van der Waals surface area contributed by atoms with Gasteiger partial charge in [-0.3, -0.25) is 4.79 Å². The summed E-state index contributed by atoms with van der Waals surface area (Å²) in [5.74, 6) is -0.900. The number of hydrogen-bond acceptors (Lipinski definition) is 9. The molecular formula is C17H23N5O6. The van der Waals surface area contributed by atoms with Crippen molar-refractivity contribution in [2.24, 2.45) is 11.3 Å². The van der Waals surface area contributed by atoms with Crippen LogP contribution in [0.25, 0.3) is 11.2 Å². The van der Waals surface area contributed by atoms with E-state index >= 15 is 0 Å². The molecule has 4 rings (SSSR count). The van der Waals surface area contributed by atoms with Gasteiger partial charge in [-0.25, -0.2) is 15.0 Å². The standard InChI is InChI=1S/C17H23N5O6/c1-16(28-8-26-3)11(22-6-21-10-12(18)19-5-20-13(10)22)9-4-17(9,15(23)24)14(16)27-7-25-2/h5-6,9,11,14H,4,7-8H2,1-3H3,(H,23,24)(H2,18,19,20)/t9-,11-,14-,16?,17+/m1/s1. The number of hydrogen-bond donors (Lipinski definition) is 2. The molecular weight excluding hydrogens is 370 g/mol. The fourth-order valence-corrected chi connectivity index (χ4v) is 4.76. The molecule has 2 aliphatic rings. The lowest BCUT2D eigenvalue weighted by atomic mass is 9.88. The van der Waals surface area contributed by atoms with Gasteiger partial charge in [0.15, 0.2) is 11.5 Å². The topological polar surface area (TPSA) is 144 Å². The van der Waals surface area contributed by atoms with Crippen LogP contribution in [0.1, 0.15) is 19.4 Å². The third-order valence-corrected chi connectivity index (χ3v) is 5.94. The molecule has 0 aromatic carbocycles. The van der Waals surface area contributed by atoms with Crippen molar-refractivity contribution >= 4 is 23.0 Å². The lowest BCUT2D eigenvalue weighted by Gasteiger charge is -2.40. The van der Waals surface area contributed by atoms with Crippen LogP contribution in [0.15, 0.2) is 12.7 Å². The minimum atomic E-state index is -1.08. The normalized spacial score (nSPS) is 33.9. The monoisotopic (exact) mass is 393 g/mol. The molecule has 0 spiro atoms. The second kappa shape index (κ2) is 6.62. The summed E-state index contributed by atoms with van der Waals surface area (Å²) in [5, 5.41) is 10.0. The number of carboxylic acids is 1. The van der Waals surface area contributed by atoms with E-state index in [0.717, 1.165) is 0 Å². The highest BCUT2D eigenvalue weighted by molar-refractivity contribution is 5.83. The molecule has 2 aromatic rings. The van der Waals surface area contributed by atoms with E-state index < -0.39 is 29.1 Å². The Balaban J connectivity index is 1.84. The number of anilines is 1. The Morgan fingerprint density at radius 1 is 1.32 bits per heavy atom. The predicted molar refractivity (Wildman–Crippen MR) is 95.1 cm³/mol. The van der Waals surface area contributed by atoms with Crippen LogP contribution in [0.4, 0.5) is 5.82 Å². The summed E-state index contributed by atoms with van der Waals surface area (Å²) in [6.07, 6.45) is 2.65.